The maximum absolute atomic E-state index is 12.4. The molecule has 0 amide bonds. The van der Waals surface area contributed by atoms with E-state index < -0.39 is 15.6 Å². The van der Waals surface area contributed by atoms with Crippen molar-refractivity contribution in [1.29, 1.82) is 0 Å². The number of morpholine rings is 1. The fourth-order valence-corrected chi connectivity index (χ4v) is 3.94. The minimum atomic E-state index is -3.30. The van der Waals surface area contributed by atoms with Crippen molar-refractivity contribution in [2.24, 2.45) is 5.73 Å². The number of sulfonamides is 1. The summed E-state index contributed by atoms with van der Waals surface area (Å²) in [6.45, 7) is 5.54. The maximum Gasteiger partial charge on any atom is 0.218 e. The van der Waals surface area contributed by atoms with Gasteiger partial charge in [0.15, 0.2) is 0 Å². The lowest BCUT2D eigenvalue weighted by Crippen LogP contribution is -2.50. The number of hydrogen-bond acceptors (Lipinski definition) is 4. The van der Waals surface area contributed by atoms with E-state index in [9.17, 15) is 8.42 Å². The molecule has 0 aliphatic carbocycles. The van der Waals surface area contributed by atoms with Gasteiger partial charge in [0.25, 0.3) is 0 Å². The van der Waals surface area contributed by atoms with Crippen LogP contribution in [0.3, 0.4) is 0 Å². The fraction of sp³-hybridized carbons (Fsp3) is 0.571. The van der Waals surface area contributed by atoms with Gasteiger partial charge in [-0.1, -0.05) is 24.3 Å². The van der Waals surface area contributed by atoms with Gasteiger partial charge in [-0.25, -0.2) is 8.42 Å². The van der Waals surface area contributed by atoms with Gasteiger partial charge in [0.2, 0.25) is 10.0 Å². The van der Waals surface area contributed by atoms with Gasteiger partial charge in [-0.15, -0.1) is 0 Å². The third kappa shape index (κ3) is 3.79. The average molecular weight is 298 g/mol. The van der Waals surface area contributed by atoms with E-state index in [1.54, 1.807) is 0 Å². The average Bonchev–Trinajstić information content (AvgIpc) is 2.38. The van der Waals surface area contributed by atoms with Crippen molar-refractivity contribution in [3.8, 4) is 0 Å². The summed E-state index contributed by atoms with van der Waals surface area (Å²) in [7, 11) is -3.30. The second-order valence-electron chi connectivity index (χ2n) is 5.72. The van der Waals surface area contributed by atoms with Gasteiger partial charge in [0.1, 0.15) is 0 Å². The van der Waals surface area contributed by atoms with E-state index >= 15 is 0 Å². The third-order valence-electron chi connectivity index (χ3n) is 3.39. The quantitative estimate of drug-likeness (QED) is 0.903. The number of nitrogens with zero attached hydrogens (tertiary/aromatic N) is 1. The topological polar surface area (TPSA) is 72.6 Å². The van der Waals surface area contributed by atoms with Crippen molar-refractivity contribution in [3.05, 3.63) is 35.4 Å². The number of nitrogens with two attached hydrogens (primary N) is 1. The molecule has 112 valence electrons. The summed E-state index contributed by atoms with van der Waals surface area (Å²) in [6, 6.07) is 7.39. The molecular formula is C14H22N2O3S. The minimum absolute atomic E-state index is 0.0218. The molecule has 2 N–H and O–H groups in total. The molecule has 0 aromatic heterocycles. The Balaban J connectivity index is 2.10. The van der Waals surface area contributed by atoms with Crippen molar-refractivity contribution in [2.75, 3.05) is 19.7 Å². The highest BCUT2D eigenvalue weighted by atomic mass is 32.2. The maximum atomic E-state index is 12.4. The highest BCUT2D eigenvalue weighted by Crippen LogP contribution is 2.21. The van der Waals surface area contributed by atoms with Gasteiger partial charge in [0, 0.05) is 19.6 Å². The monoisotopic (exact) mass is 298 g/mol. The fourth-order valence-electron chi connectivity index (χ4n) is 2.28. The van der Waals surface area contributed by atoms with Crippen molar-refractivity contribution < 1.29 is 13.2 Å². The lowest BCUT2D eigenvalue weighted by atomic mass is 10.1. The van der Waals surface area contributed by atoms with Gasteiger partial charge < -0.3 is 10.5 Å². The molecule has 1 saturated heterocycles. The van der Waals surface area contributed by atoms with Gasteiger partial charge in [-0.05, 0) is 25.0 Å². The second-order valence-corrected chi connectivity index (χ2v) is 7.69. The molecule has 1 aliphatic heterocycles. The Morgan fingerprint density at radius 1 is 1.25 bits per heavy atom. The first-order valence-corrected chi connectivity index (χ1v) is 8.33. The van der Waals surface area contributed by atoms with Crippen LogP contribution in [-0.2, 0) is 27.1 Å². The van der Waals surface area contributed by atoms with E-state index in [1.165, 1.54) is 4.31 Å². The van der Waals surface area contributed by atoms with Crippen molar-refractivity contribution in [3.63, 3.8) is 0 Å². The van der Waals surface area contributed by atoms with E-state index in [1.807, 2.05) is 38.1 Å². The van der Waals surface area contributed by atoms with Crippen LogP contribution in [0.5, 0.6) is 0 Å². The molecule has 0 spiro atoms. The molecule has 2 rings (SSSR count). The van der Waals surface area contributed by atoms with Gasteiger partial charge >= 0.3 is 0 Å². The summed E-state index contributed by atoms with van der Waals surface area (Å²) < 4.78 is 32.0. The molecule has 1 fully saturated rings. The van der Waals surface area contributed by atoms with Crippen molar-refractivity contribution in [1.82, 2.24) is 4.31 Å². The molecule has 0 saturated carbocycles. The third-order valence-corrected chi connectivity index (χ3v) is 5.19. The Kier molecular flexibility index (Phi) is 4.49. The van der Waals surface area contributed by atoms with E-state index in [0.717, 1.165) is 11.1 Å². The normalized spacial score (nSPS) is 19.9. The first-order chi connectivity index (χ1) is 9.32. The molecule has 0 bridgehead atoms. The molecular weight excluding hydrogens is 276 g/mol. The summed E-state index contributed by atoms with van der Waals surface area (Å²) in [4.78, 5) is 0. The second kappa shape index (κ2) is 5.81. The van der Waals surface area contributed by atoms with Crippen LogP contribution < -0.4 is 5.73 Å². The van der Waals surface area contributed by atoms with Crippen LogP contribution in [-0.4, -0.2) is 38.0 Å². The van der Waals surface area contributed by atoms with Crippen LogP contribution in [0.2, 0.25) is 0 Å². The van der Waals surface area contributed by atoms with Crippen LogP contribution in [0, 0.1) is 0 Å². The summed E-state index contributed by atoms with van der Waals surface area (Å²) in [5.74, 6) is 0.0218. The molecule has 0 unspecified atom stereocenters. The highest BCUT2D eigenvalue weighted by Gasteiger charge is 2.33. The molecule has 1 aliphatic rings. The molecule has 20 heavy (non-hydrogen) atoms. The predicted molar refractivity (Wildman–Crippen MR) is 78.6 cm³/mol. The zero-order valence-corrected chi connectivity index (χ0v) is 12.8. The lowest BCUT2D eigenvalue weighted by molar-refractivity contribution is -0.0640. The van der Waals surface area contributed by atoms with Crippen LogP contribution in [0.4, 0.5) is 0 Å². The van der Waals surface area contributed by atoms with Gasteiger partial charge in [-0.2, -0.15) is 4.31 Å². The SMILES string of the molecule is CC1(C)CN(S(=O)(=O)Cc2ccc(CN)cc2)CCO1. The lowest BCUT2D eigenvalue weighted by Gasteiger charge is -2.37. The van der Waals surface area contributed by atoms with E-state index in [0.29, 0.717) is 26.2 Å². The Labute approximate surface area is 120 Å². The number of rotatable bonds is 4. The standard InChI is InChI=1S/C14H22N2O3S/c1-14(2)11-16(7-8-19-14)20(17,18)10-13-5-3-12(9-15)4-6-13/h3-6H,7-11,15H2,1-2H3. The van der Waals surface area contributed by atoms with Crippen molar-refractivity contribution in [2.45, 2.75) is 31.7 Å². The number of hydrogen-bond donors (Lipinski definition) is 1. The Morgan fingerprint density at radius 2 is 1.85 bits per heavy atom. The summed E-state index contributed by atoms with van der Waals surface area (Å²) in [5, 5.41) is 0. The zero-order valence-electron chi connectivity index (χ0n) is 12.0. The molecule has 0 atom stereocenters. The Hall–Kier alpha value is -0.950. The zero-order chi connectivity index (χ0) is 14.8. The number of benzene rings is 1. The van der Waals surface area contributed by atoms with Crippen LogP contribution in [0.1, 0.15) is 25.0 Å². The molecule has 6 heteroatoms. The smallest absolute Gasteiger partial charge is 0.218 e. The highest BCUT2D eigenvalue weighted by molar-refractivity contribution is 7.88. The Morgan fingerprint density at radius 3 is 2.40 bits per heavy atom. The van der Waals surface area contributed by atoms with Crippen molar-refractivity contribution >= 4 is 10.0 Å². The van der Waals surface area contributed by atoms with Crippen LogP contribution >= 0.6 is 0 Å². The first-order valence-electron chi connectivity index (χ1n) is 6.72. The molecule has 0 radical (unpaired) electrons. The Bertz CT molecular complexity index is 552. The summed E-state index contributed by atoms with van der Waals surface area (Å²) >= 11 is 0. The minimum Gasteiger partial charge on any atom is -0.373 e. The van der Waals surface area contributed by atoms with E-state index in [4.69, 9.17) is 10.5 Å². The number of ether oxygens (including phenoxy) is 1. The van der Waals surface area contributed by atoms with E-state index in [-0.39, 0.29) is 5.75 Å². The van der Waals surface area contributed by atoms with Crippen LogP contribution in [0.25, 0.3) is 0 Å². The van der Waals surface area contributed by atoms with Crippen LogP contribution in [0.15, 0.2) is 24.3 Å². The molecule has 1 heterocycles. The molecule has 1 aromatic carbocycles. The molecule has 1 aromatic rings. The predicted octanol–water partition coefficient (Wildman–Crippen LogP) is 1.09. The van der Waals surface area contributed by atoms with Gasteiger partial charge in [0.05, 0.1) is 18.0 Å². The van der Waals surface area contributed by atoms with Gasteiger partial charge in [-0.3, -0.25) is 0 Å². The summed E-state index contributed by atoms with van der Waals surface area (Å²) in [6.07, 6.45) is 0. The first kappa shape index (κ1) is 15.4. The molecule has 5 nitrogen and oxygen atoms in total. The van der Waals surface area contributed by atoms with E-state index in [2.05, 4.69) is 0 Å². The summed E-state index contributed by atoms with van der Waals surface area (Å²) in [5.41, 5.74) is 6.89. The largest absolute Gasteiger partial charge is 0.373 e.